The van der Waals surface area contributed by atoms with Crippen molar-refractivity contribution in [1.82, 2.24) is 15.5 Å². The van der Waals surface area contributed by atoms with Crippen LogP contribution in [0.3, 0.4) is 0 Å². The Bertz CT molecular complexity index is 704. The molecule has 2 N–H and O–H groups in total. The van der Waals surface area contributed by atoms with Gasteiger partial charge >= 0.3 is 0 Å². The normalized spacial score (nSPS) is 22.3. The van der Waals surface area contributed by atoms with E-state index < -0.39 is 0 Å². The summed E-state index contributed by atoms with van der Waals surface area (Å²) >= 11 is 2.06. The van der Waals surface area contributed by atoms with Crippen molar-refractivity contribution in [2.45, 2.75) is 44.4 Å². The summed E-state index contributed by atoms with van der Waals surface area (Å²) in [5.74, 6) is 3.83. The summed E-state index contributed by atoms with van der Waals surface area (Å²) in [6, 6.07) is 4.25. The molecule has 6 nitrogen and oxygen atoms in total. The van der Waals surface area contributed by atoms with E-state index in [0.29, 0.717) is 4.75 Å². The van der Waals surface area contributed by atoms with E-state index in [0.717, 1.165) is 63.1 Å². The van der Waals surface area contributed by atoms with E-state index in [1.165, 1.54) is 29.7 Å². The van der Waals surface area contributed by atoms with Crippen LogP contribution in [0.2, 0.25) is 0 Å². The predicted octanol–water partition coefficient (Wildman–Crippen LogP) is 2.90. The van der Waals surface area contributed by atoms with E-state index in [1.807, 2.05) is 0 Å². The Morgan fingerprint density at radius 1 is 1.21 bits per heavy atom. The number of nitrogens with zero attached hydrogens (tertiary/aromatic N) is 2. The Kier molecular flexibility index (Phi) is 7.95. The molecular formula is C22H36N4O2S. The number of rotatable bonds is 8. The SMILES string of the molecule is CCNC(=NCC1(C)CCCS1)NCCN1CCc2cc(OC)c(OC)cc2C1. The minimum atomic E-state index is 0.305. The number of hydrogen-bond acceptors (Lipinski definition) is 5. The number of aliphatic imine (C=N–C) groups is 1. The molecule has 0 saturated carbocycles. The highest BCUT2D eigenvalue weighted by Crippen LogP contribution is 2.37. The van der Waals surface area contributed by atoms with Crippen LogP contribution in [0.4, 0.5) is 0 Å². The molecule has 3 rings (SSSR count). The molecule has 0 radical (unpaired) electrons. The third-order valence-electron chi connectivity index (χ3n) is 5.73. The van der Waals surface area contributed by atoms with E-state index in [2.05, 4.69) is 53.3 Å². The highest BCUT2D eigenvalue weighted by atomic mass is 32.2. The fourth-order valence-electron chi connectivity index (χ4n) is 4.01. The molecule has 2 aliphatic heterocycles. The summed E-state index contributed by atoms with van der Waals surface area (Å²) in [4.78, 5) is 7.34. The Hall–Kier alpha value is -1.60. The van der Waals surface area contributed by atoms with E-state index in [9.17, 15) is 0 Å². The standard InChI is InChI=1S/C22H36N4O2S/c1-5-23-21(25-16-22(2)8-6-12-29-22)24-9-11-26-10-7-17-13-19(27-3)20(28-4)14-18(17)15-26/h13-14H,5-12,15-16H2,1-4H3,(H2,23,24,25). The number of ether oxygens (including phenoxy) is 2. The minimum Gasteiger partial charge on any atom is -0.493 e. The third-order valence-corrected chi connectivity index (χ3v) is 7.26. The lowest BCUT2D eigenvalue weighted by Gasteiger charge is -2.29. The molecule has 0 bridgehead atoms. The van der Waals surface area contributed by atoms with Crippen molar-refractivity contribution in [3.8, 4) is 11.5 Å². The number of fused-ring (bicyclic) bond motifs is 1. The molecule has 7 heteroatoms. The Morgan fingerprint density at radius 3 is 2.62 bits per heavy atom. The van der Waals surface area contributed by atoms with Gasteiger partial charge in [-0.05, 0) is 62.1 Å². The average molecular weight is 421 g/mol. The summed E-state index contributed by atoms with van der Waals surface area (Å²) in [7, 11) is 3.39. The summed E-state index contributed by atoms with van der Waals surface area (Å²) in [6.07, 6.45) is 3.62. The van der Waals surface area contributed by atoms with Gasteiger partial charge in [-0.2, -0.15) is 11.8 Å². The van der Waals surface area contributed by atoms with Gasteiger partial charge in [-0.3, -0.25) is 9.89 Å². The van der Waals surface area contributed by atoms with E-state index in [4.69, 9.17) is 14.5 Å². The number of nitrogens with one attached hydrogen (secondary N) is 2. The second kappa shape index (κ2) is 10.4. The monoisotopic (exact) mass is 420 g/mol. The molecule has 1 aromatic rings. The van der Waals surface area contributed by atoms with E-state index >= 15 is 0 Å². The van der Waals surface area contributed by atoms with Crippen LogP contribution in [0, 0.1) is 0 Å². The maximum absolute atomic E-state index is 5.47. The number of benzene rings is 1. The third kappa shape index (κ3) is 5.95. The lowest BCUT2D eigenvalue weighted by Crippen LogP contribution is -2.43. The maximum atomic E-state index is 5.47. The molecule has 0 aromatic heterocycles. The van der Waals surface area contributed by atoms with Crippen LogP contribution >= 0.6 is 11.8 Å². The topological polar surface area (TPSA) is 58.1 Å². The summed E-state index contributed by atoms with van der Waals surface area (Å²) in [5, 5.41) is 6.90. The Morgan fingerprint density at radius 2 is 1.97 bits per heavy atom. The van der Waals surface area contributed by atoms with Crippen molar-refractivity contribution in [2.75, 3.05) is 52.7 Å². The molecule has 1 atom stereocenters. The number of hydrogen-bond donors (Lipinski definition) is 2. The van der Waals surface area contributed by atoms with Gasteiger partial charge in [0.1, 0.15) is 0 Å². The minimum absolute atomic E-state index is 0.305. The highest BCUT2D eigenvalue weighted by Gasteiger charge is 2.29. The van der Waals surface area contributed by atoms with Gasteiger partial charge in [-0.25, -0.2) is 0 Å². The lowest BCUT2D eigenvalue weighted by atomic mass is 9.99. The van der Waals surface area contributed by atoms with Crippen LogP contribution in [0.25, 0.3) is 0 Å². The highest BCUT2D eigenvalue weighted by molar-refractivity contribution is 8.00. The summed E-state index contributed by atoms with van der Waals surface area (Å²) < 4.78 is 11.2. The van der Waals surface area contributed by atoms with Gasteiger partial charge in [0.25, 0.3) is 0 Å². The van der Waals surface area contributed by atoms with Crippen LogP contribution in [0.5, 0.6) is 11.5 Å². The van der Waals surface area contributed by atoms with Crippen LogP contribution in [0.15, 0.2) is 17.1 Å². The molecule has 2 heterocycles. The van der Waals surface area contributed by atoms with Crippen molar-refractivity contribution in [2.24, 2.45) is 4.99 Å². The van der Waals surface area contributed by atoms with Crippen molar-refractivity contribution in [1.29, 1.82) is 0 Å². The first-order chi connectivity index (χ1) is 14.1. The van der Waals surface area contributed by atoms with Gasteiger partial charge in [0, 0.05) is 37.5 Å². The van der Waals surface area contributed by atoms with Gasteiger partial charge in [0.15, 0.2) is 17.5 Å². The number of thioether (sulfide) groups is 1. The predicted molar refractivity (Wildman–Crippen MR) is 123 cm³/mol. The smallest absolute Gasteiger partial charge is 0.191 e. The van der Waals surface area contributed by atoms with Gasteiger partial charge < -0.3 is 20.1 Å². The molecule has 162 valence electrons. The Labute approximate surface area is 179 Å². The zero-order chi connectivity index (χ0) is 20.7. The molecule has 2 aliphatic rings. The molecule has 0 aliphatic carbocycles. The Balaban J connectivity index is 1.52. The fourth-order valence-corrected chi connectivity index (χ4v) is 5.24. The molecule has 29 heavy (non-hydrogen) atoms. The average Bonchev–Trinajstić information content (AvgIpc) is 3.17. The van der Waals surface area contributed by atoms with Crippen LogP contribution in [-0.4, -0.2) is 68.3 Å². The van der Waals surface area contributed by atoms with Crippen LogP contribution in [0.1, 0.15) is 37.8 Å². The van der Waals surface area contributed by atoms with E-state index in [1.54, 1.807) is 14.2 Å². The van der Waals surface area contributed by atoms with Crippen molar-refractivity contribution in [3.05, 3.63) is 23.3 Å². The quantitative estimate of drug-likeness (QED) is 0.498. The second-order valence-electron chi connectivity index (χ2n) is 8.03. The van der Waals surface area contributed by atoms with Crippen molar-refractivity contribution in [3.63, 3.8) is 0 Å². The molecular weight excluding hydrogens is 384 g/mol. The van der Waals surface area contributed by atoms with E-state index in [-0.39, 0.29) is 0 Å². The summed E-state index contributed by atoms with van der Waals surface area (Å²) in [5.41, 5.74) is 2.70. The zero-order valence-corrected chi connectivity index (χ0v) is 19.2. The number of methoxy groups -OCH3 is 2. The van der Waals surface area contributed by atoms with Crippen molar-refractivity contribution >= 4 is 17.7 Å². The van der Waals surface area contributed by atoms with Crippen LogP contribution in [-0.2, 0) is 13.0 Å². The first-order valence-electron chi connectivity index (χ1n) is 10.7. The van der Waals surface area contributed by atoms with Gasteiger partial charge in [0.05, 0.1) is 20.8 Å². The zero-order valence-electron chi connectivity index (χ0n) is 18.3. The first-order valence-corrected chi connectivity index (χ1v) is 11.7. The first kappa shape index (κ1) is 22.1. The maximum Gasteiger partial charge on any atom is 0.191 e. The van der Waals surface area contributed by atoms with Gasteiger partial charge in [-0.1, -0.05) is 0 Å². The molecule has 1 unspecified atom stereocenters. The fraction of sp³-hybridized carbons (Fsp3) is 0.682. The lowest BCUT2D eigenvalue weighted by molar-refractivity contribution is 0.256. The van der Waals surface area contributed by atoms with Gasteiger partial charge in [0.2, 0.25) is 0 Å². The van der Waals surface area contributed by atoms with Crippen LogP contribution < -0.4 is 20.1 Å². The molecule has 0 amide bonds. The molecule has 1 aromatic carbocycles. The molecule has 0 spiro atoms. The number of guanidine groups is 1. The van der Waals surface area contributed by atoms with Gasteiger partial charge in [-0.15, -0.1) is 0 Å². The van der Waals surface area contributed by atoms with Crippen molar-refractivity contribution < 1.29 is 9.47 Å². The largest absolute Gasteiger partial charge is 0.493 e. The second-order valence-corrected chi connectivity index (χ2v) is 9.71. The summed E-state index contributed by atoms with van der Waals surface area (Å²) in [6.45, 7) is 10.1. The molecule has 1 fully saturated rings. The molecule has 1 saturated heterocycles.